The van der Waals surface area contributed by atoms with E-state index in [1.165, 1.54) is 0 Å². The summed E-state index contributed by atoms with van der Waals surface area (Å²) >= 11 is 3.48. The van der Waals surface area contributed by atoms with Gasteiger partial charge < -0.3 is 11.1 Å². The number of nitrogens with one attached hydrogen (secondary N) is 1. The molecule has 82 valence electrons. The standard InChI is InChI=1S/C12H12BrN3/c13-10-3-1-2-4-12(10)16-7-9-5-6-15-8-11(9)14/h1-6,8,16H,7,14H2. The molecule has 0 saturated carbocycles. The topological polar surface area (TPSA) is 50.9 Å². The highest BCUT2D eigenvalue weighted by Crippen LogP contribution is 2.22. The van der Waals surface area contributed by atoms with Gasteiger partial charge in [-0.15, -0.1) is 0 Å². The lowest BCUT2D eigenvalue weighted by molar-refractivity contribution is 1.13. The molecule has 2 aromatic rings. The molecule has 0 aliphatic heterocycles. The van der Waals surface area contributed by atoms with Gasteiger partial charge in [0.05, 0.1) is 11.9 Å². The summed E-state index contributed by atoms with van der Waals surface area (Å²) in [6.07, 6.45) is 3.41. The average Bonchev–Trinajstić information content (AvgIpc) is 2.30. The van der Waals surface area contributed by atoms with E-state index in [2.05, 4.69) is 26.2 Å². The number of nitrogens with two attached hydrogens (primary N) is 1. The molecule has 0 atom stereocenters. The monoisotopic (exact) mass is 277 g/mol. The Bertz CT molecular complexity index is 440. The van der Waals surface area contributed by atoms with Crippen molar-refractivity contribution in [3.8, 4) is 0 Å². The minimum atomic E-state index is 0.691. The number of para-hydroxylation sites is 1. The lowest BCUT2D eigenvalue weighted by Crippen LogP contribution is -2.03. The molecular formula is C12H12BrN3. The van der Waals surface area contributed by atoms with E-state index < -0.39 is 0 Å². The van der Waals surface area contributed by atoms with Crippen molar-refractivity contribution in [2.75, 3.05) is 11.1 Å². The minimum Gasteiger partial charge on any atom is -0.397 e. The number of halogens is 1. The number of rotatable bonds is 3. The van der Waals surface area contributed by atoms with Crippen molar-refractivity contribution >= 4 is 27.3 Å². The molecule has 3 N–H and O–H groups in total. The first-order valence-electron chi connectivity index (χ1n) is 4.94. The molecule has 0 fully saturated rings. The number of nitrogens with zero attached hydrogens (tertiary/aromatic N) is 1. The number of anilines is 2. The minimum absolute atomic E-state index is 0.691. The highest BCUT2D eigenvalue weighted by Gasteiger charge is 2.00. The van der Waals surface area contributed by atoms with Gasteiger partial charge in [-0.2, -0.15) is 0 Å². The zero-order valence-electron chi connectivity index (χ0n) is 8.65. The number of aromatic nitrogens is 1. The molecule has 1 aromatic carbocycles. The molecule has 1 heterocycles. The number of hydrogen-bond acceptors (Lipinski definition) is 3. The van der Waals surface area contributed by atoms with Gasteiger partial charge in [0.15, 0.2) is 0 Å². The molecular weight excluding hydrogens is 266 g/mol. The van der Waals surface area contributed by atoms with Gasteiger partial charge in [0.1, 0.15) is 0 Å². The van der Waals surface area contributed by atoms with E-state index in [0.717, 1.165) is 15.7 Å². The Labute approximate surface area is 103 Å². The summed E-state index contributed by atoms with van der Waals surface area (Å²) in [5.41, 5.74) is 8.62. The zero-order chi connectivity index (χ0) is 11.4. The summed E-state index contributed by atoms with van der Waals surface area (Å²) in [5, 5.41) is 3.32. The van der Waals surface area contributed by atoms with Gasteiger partial charge in [-0.05, 0) is 39.7 Å². The van der Waals surface area contributed by atoms with Crippen LogP contribution in [0.2, 0.25) is 0 Å². The van der Waals surface area contributed by atoms with Crippen molar-refractivity contribution in [2.24, 2.45) is 0 Å². The second kappa shape index (κ2) is 4.99. The summed E-state index contributed by atoms with van der Waals surface area (Å²) in [6, 6.07) is 9.90. The van der Waals surface area contributed by atoms with E-state index >= 15 is 0 Å². The summed E-state index contributed by atoms with van der Waals surface area (Å²) in [5.74, 6) is 0. The van der Waals surface area contributed by atoms with Crippen molar-refractivity contribution in [2.45, 2.75) is 6.54 Å². The van der Waals surface area contributed by atoms with Crippen molar-refractivity contribution in [1.82, 2.24) is 4.98 Å². The van der Waals surface area contributed by atoms with Crippen LogP contribution < -0.4 is 11.1 Å². The Balaban J connectivity index is 2.09. The van der Waals surface area contributed by atoms with Crippen LogP contribution in [0.1, 0.15) is 5.56 Å². The molecule has 0 saturated heterocycles. The summed E-state index contributed by atoms with van der Waals surface area (Å²) in [7, 11) is 0. The third-order valence-corrected chi connectivity index (χ3v) is 2.98. The van der Waals surface area contributed by atoms with Gasteiger partial charge in [0.2, 0.25) is 0 Å². The van der Waals surface area contributed by atoms with E-state index in [-0.39, 0.29) is 0 Å². The molecule has 0 aliphatic rings. The molecule has 0 aliphatic carbocycles. The molecule has 4 heteroatoms. The lowest BCUT2D eigenvalue weighted by Gasteiger charge is -2.09. The molecule has 0 bridgehead atoms. The fourth-order valence-corrected chi connectivity index (χ4v) is 1.82. The molecule has 16 heavy (non-hydrogen) atoms. The second-order valence-corrected chi connectivity index (χ2v) is 4.26. The van der Waals surface area contributed by atoms with Gasteiger partial charge in [0, 0.05) is 22.9 Å². The first kappa shape index (κ1) is 11.0. The van der Waals surface area contributed by atoms with Gasteiger partial charge in [0.25, 0.3) is 0 Å². The van der Waals surface area contributed by atoms with Crippen molar-refractivity contribution in [1.29, 1.82) is 0 Å². The molecule has 0 unspecified atom stereocenters. The molecule has 0 radical (unpaired) electrons. The largest absolute Gasteiger partial charge is 0.397 e. The predicted octanol–water partition coefficient (Wildman–Crippen LogP) is 3.04. The van der Waals surface area contributed by atoms with Gasteiger partial charge in [-0.1, -0.05) is 12.1 Å². The van der Waals surface area contributed by atoms with Crippen LogP contribution in [-0.4, -0.2) is 4.98 Å². The van der Waals surface area contributed by atoms with Crippen LogP contribution in [0.3, 0.4) is 0 Å². The van der Waals surface area contributed by atoms with E-state index in [1.54, 1.807) is 12.4 Å². The Morgan fingerprint density at radius 2 is 2.06 bits per heavy atom. The molecule has 1 aromatic heterocycles. The lowest BCUT2D eigenvalue weighted by atomic mass is 10.2. The van der Waals surface area contributed by atoms with Crippen LogP contribution in [0.25, 0.3) is 0 Å². The highest BCUT2D eigenvalue weighted by atomic mass is 79.9. The van der Waals surface area contributed by atoms with Crippen LogP contribution in [0.5, 0.6) is 0 Å². The Kier molecular flexibility index (Phi) is 3.41. The SMILES string of the molecule is Nc1cnccc1CNc1ccccc1Br. The number of nitrogen functional groups attached to an aromatic ring is 1. The Hall–Kier alpha value is -1.55. The quantitative estimate of drug-likeness (QED) is 0.907. The van der Waals surface area contributed by atoms with Gasteiger partial charge in [-0.3, -0.25) is 4.98 Å². The van der Waals surface area contributed by atoms with E-state index in [1.807, 2.05) is 30.3 Å². The predicted molar refractivity (Wildman–Crippen MR) is 70.1 cm³/mol. The summed E-state index contributed by atoms with van der Waals surface area (Å²) in [6.45, 7) is 0.691. The van der Waals surface area contributed by atoms with Crippen LogP contribution in [0, 0.1) is 0 Å². The normalized spacial score (nSPS) is 10.1. The summed E-state index contributed by atoms with van der Waals surface area (Å²) < 4.78 is 1.04. The maximum Gasteiger partial charge on any atom is 0.0551 e. The van der Waals surface area contributed by atoms with E-state index in [4.69, 9.17) is 5.73 Å². The molecule has 0 spiro atoms. The van der Waals surface area contributed by atoms with Gasteiger partial charge >= 0.3 is 0 Å². The fourth-order valence-electron chi connectivity index (χ4n) is 1.39. The smallest absolute Gasteiger partial charge is 0.0551 e. The van der Waals surface area contributed by atoms with Crippen molar-refractivity contribution < 1.29 is 0 Å². The maximum absolute atomic E-state index is 5.81. The second-order valence-electron chi connectivity index (χ2n) is 3.41. The molecule has 2 rings (SSSR count). The van der Waals surface area contributed by atoms with E-state index in [9.17, 15) is 0 Å². The number of benzene rings is 1. The molecule has 0 amide bonds. The summed E-state index contributed by atoms with van der Waals surface area (Å²) in [4.78, 5) is 3.96. The Morgan fingerprint density at radius 3 is 2.81 bits per heavy atom. The third kappa shape index (κ3) is 2.52. The first-order valence-corrected chi connectivity index (χ1v) is 5.73. The third-order valence-electron chi connectivity index (χ3n) is 2.29. The maximum atomic E-state index is 5.81. The number of pyridine rings is 1. The van der Waals surface area contributed by atoms with Crippen molar-refractivity contribution in [3.05, 3.63) is 52.8 Å². The Morgan fingerprint density at radius 1 is 1.25 bits per heavy atom. The van der Waals surface area contributed by atoms with Crippen LogP contribution in [-0.2, 0) is 6.54 Å². The first-order chi connectivity index (χ1) is 7.77. The van der Waals surface area contributed by atoms with Gasteiger partial charge in [-0.25, -0.2) is 0 Å². The van der Waals surface area contributed by atoms with Crippen LogP contribution in [0.15, 0.2) is 47.2 Å². The zero-order valence-corrected chi connectivity index (χ0v) is 10.2. The van der Waals surface area contributed by atoms with E-state index in [0.29, 0.717) is 12.2 Å². The average molecular weight is 278 g/mol. The highest BCUT2D eigenvalue weighted by molar-refractivity contribution is 9.10. The van der Waals surface area contributed by atoms with Crippen LogP contribution in [0.4, 0.5) is 11.4 Å². The molecule has 3 nitrogen and oxygen atoms in total. The fraction of sp³-hybridized carbons (Fsp3) is 0.0833. The van der Waals surface area contributed by atoms with Crippen LogP contribution >= 0.6 is 15.9 Å². The van der Waals surface area contributed by atoms with Crippen molar-refractivity contribution in [3.63, 3.8) is 0 Å². The number of hydrogen-bond donors (Lipinski definition) is 2.